The minimum atomic E-state index is -3.04. The van der Waals surface area contributed by atoms with Gasteiger partial charge in [0.2, 0.25) is 0 Å². The molecule has 2 aromatic carbocycles. The highest BCUT2D eigenvalue weighted by Crippen LogP contribution is 2.40. The van der Waals surface area contributed by atoms with Gasteiger partial charge < -0.3 is 14.5 Å². The summed E-state index contributed by atoms with van der Waals surface area (Å²) in [6, 6.07) is 12.5. The first kappa shape index (κ1) is 21.7. The van der Waals surface area contributed by atoms with Crippen LogP contribution in [0.3, 0.4) is 0 Å². The average molecular weight is 443 g/mol. The molecule has 0 aliphatic carbocycles. The smallest absolute Gasteiger partial charge is 0.161 e. The lowest BCUT2D eigenvalue weighted by Gasteiger charge is -2.38. The number of hydrogen-bond acceptors (Lipinski definition) is 5. The Morgan fingerprint density at radius 3 is 2.74 bits per heavy atom. The van der Waals surface area contributed by atoms with Crippen LogP contribution in [0.25, 0.3) is 10.9 Å². The van der Waals surface area contributed by atoms with E-state index in [4.69, 9.17) is 9.47 Å². The predicted octanol–water partition coefficient (Wildman–Crippen LogP) is 3.76. The molecule has 1 N–H and O–H groups in total. The van der Waals surface area contributed by atoms with Gasteiger partial charge in [-0.3, -0.25) is 4.90 Å². The van der Waals surface area contributed by atoms with Crippen LogP contribution in [0.5, 0.6) is 11.5 Å². The fourth-order valence-corrected chi connectivity index (χ4v) is 5.05. The molecule has 0 radical (unpaired) electrons. The first-order chi connectivity index (χ1) is 14.9. The van der Waals surface area contributed by atoms with E-state index in [1.54, 1.807) is 7.11 Å². The minimum Gasteiger partial charge on any atom is -0.493 e. The van der Waals surface area contributed by atoms with Gasteiger partial charge in [0.25, 0.3) is 0 Å². The summed E-state index contributed by atoms with van der Waals surface area (Å²) in [5.41, 5.74) is 4.77. The Morgan fingerprint density at radius 1 is 1.19 bits per heavy atom. The van der Waals surface area contributed by atoms with Crippen LogP contribution >= 0.6 is 0 Å². The van der Waals surface area contributed by atoms with Gasteiger partial charge >= 0.3 is 0 Å². The summed E-state index contributed by atoms with van der Waals surface area (Å²) in [6.45, 7) is 3.84. The van der Waals surface area contributed by atoms with Crippen molar-refractivity contribution in [3.8, 4) is 11.5 Å². The molecule has 166 valence electrons. The van der Waals surface area contributed by atoms with Crippen LogP contribution in [0.15, 0.2) is 42.6 Å². The molecular formula is C24H30N2O4S. The first-order valence-electron chi connectivity index (χ1n) is 10.7. The number of methoxy groups -OCH3 is 1. The summed E-state index contributed by atoms with van der Waals surface area (Å²) in [5, 5.41) is 1.20. The summed E-state index contributed by atoms with van der Waals surface area (Å²) in [7, 11) is -1.38. The summed E-state index contributed by atoms with van der Waals surface area (Å²) in [5.74, 6) is 1.63. The molecule has 7 heteroatoms. The zero-order valence-corrected chi connectivity index (χ0v) is 19.2. The maximum Gasteiger partial charge on any atom is 0.161 e. The van der Waals surface area contributed by atoms with Crippen molar-refractivity contribution >= 4 is 20.7 Å². The van der Waals surface area contributed by atoms with Crippen molar-refractivity contribution in [3.05, 3.63) is 59.3 Å². The van der Waals surface area contributed by atoms with Gasteiger partial charge in [-0.2, -0.15) is 0 Å². The number of para-hydroxylation sites is 1. The van der Waals surface area contributed by atoms with E-state index >= 15 is 0 Å². The van der Waals surface area contributed by atoms with E-state index in [-0.39, 0.29) is 11.8 Å². The van der Waals surface area contributed by atoms with Gasteiger partial charge in [0.1, 0.15) is 9.84 Å². The number of sulfone groups is 1. The van der Waals surface area contributed by atoms with Gasteiger partial charge in [0.15, 0.2) is 11.5 Å². The highest BCUT2D eigenvalue weighted by Gasteiger charge is 2.30. The Balaban J connectivity index is 1.75. The van der Waals surface area contributed by atoms with E-state index in [0.717, 1.165) is 36.4 Å². The Kier molecular flexibility index (Phi) is 6.25. The van der Waals surface area contributed by atoms with E-state index in [0.29, 0.717) is 13.2 Å². The Bertz CT molecular complexity index is 1170. The third-order valence-electron chi connectivity index (χ3n) is 6.03. The lowest BCUT2D eigenvalue weighted by atomic mass is 9.88. The quantitative estimate of drug-likeness (QED) is 0.575. The van der Waals surface area contributed by atoms with Crippen LogP contribution in [0.1, 0.15) is 29.7 Å². The molecule has 6 nitrogen and oxygen atoms in total. The molecule has 1 aliphatic rings. The van der Waals surface area contributed by atoms with Crippen molar-refractivity contribution < 1.29 is 17.9 Å². The second-order valence-electron chi connectivity index (χ2n) is 8.13. The van der Waals surface area contributed by atoms with Crippen LogP contribution in [0.4, 0.5) is 0 Å². The van der Waals surface area contributed by atoms with E-state index in [2.05, 4.69) is 40.3 Å². The number of aromatic amines is 1. The standard InChI is InChI=1S/C24H30N2O4S/c1-4-30-24-15-20-17(14-23(24)29-2)9-10-26(11-12-31(3,27)28)22(20)13-18-16-25-21-8-6-5-7-19(18)21/h5-8,14-16,22,25H,4,9-13H2,1-3H3/t22-/m0/s1. The lowest BCUT2D eigenvalue weighted by Crippen LogP contribution is -2.39. The normalized spacial score (nSPS) is 16.9. The Labute approximate surface area is 184 Å². The molecule has 4 rings (SSSR count). The van der Waals surface area contributed by atoms with Gasteiger partial charge in [-0.25, -0.2) is 8.42 Å². The van der Waals surface area contributed by atoms with Gasteiger partial charge in [0, 0.05) is 42.5 Å². The van der Waals surface area contributed by atoms with Crippen molar-refractivity contribution in [2.24, 2.45) is 0 Å². The maximum absolute atomic E-state index is 11.9. The van der Waals surface area contributed by atoms with Crippen molar-refractivity contribution in [3.63, 3.8) is 0 Å². The number of fused-ring (bicyclic) bond motifs is 2. The lowest BCUT2D eigenvalue weighted by molar-refractivity contribution is 0.194. The Hall–Kier alpha value is -2.51. The Morgan fingerprint density at radius 2 is 2.00 bits per heavy atom. The third kappa shape index (κ3) is 4.72. The summed E-state index contributed by atoms with van der Waals surface area (Å²) in [4.78, 5) is 5.66. The molecule has 1 atom stereocenters. The van der Waals surface area contributed by atoms with Crippen LogP contribution in [0.2, 0.25) is 0 Å². The predicted molar refractivity (Wildman–Crippen MR) is 124 cm³/mol. The van der Waals surface area contributed by atoms with Gasteiger partial charge in [-0.15, -0.1) is 0 Å². The molecule has 3 aromatic rings. The van der Waals surface area contributed by atoms with Crippen molar-refractivity contribution in [2.75, 3.05) is 38.8 Å². The van der Waals surface area contributed by atoms with Crippen LogP contribution in [-0.2, 0) is 22.7 Å². The fraction of sp³-hybridized carbons (Fsp3) is 0.417. The molecular weight excluding hydrogens is 412 g/mol. The summed E-state index contributed by atoms with van der Waals surface area (Å²) in [6.07, 6.45) is 5.02. The average Bonchev–Trinajstić information content (AvgIpc) is 3.15. The third-order valence-corrected chi connectivity index (χ3v) is 6.96. The molecule has 2 heterocycles. The second-order valence-corrected chi connectivity index (χ2v) is 10.4. The zero-order valence-electron chi connectivity index (χ0n) is 18.3. The van der Waals surface area contributed by atoms with Crippen LogP contribution < -0.4 is 9.47 Å². The maximum atomic E-state index is 11.9. The summed E-state index contributed by atoms with van der Waals surface area (Å²) >= 11 is 0. The second kappa shape index (κ2) is 8.93. The molecule has 31 heavy (non-hydrogen) atoms. The zero-order chi connectivity index (χ0) is 22.0. The molecule has 0 spiro atoms. The van der Waals surface area contributed by atoms with E-state index in [9.17, 15) is 8.42 Å². The molecule has 0 unspecified atom stereocenters. The van der Waals surface area contributed by atoms with Crippen LogP contribution in [-0.4, -0.2) is 57.1 Å². The molecule has 0 saturated carbocycles. The van der Waals surface area contributed by atoms with E-state index < -0.39 is 9.84 Å². The molecule has 0 amide bonds. The number of nitrogens with zero attached hydrogens (tertiary/aromatic N) is 1. The topological polar surface area (TPSA) is 71.6 Å². The SMILES string of the molecule is CCOc1cc2c(cc1OC)CCN(CCS(C)(=O)=O)[C@H]2Cc1c[nH]c2ccccc12. The first-order valence-corrected chi connectivity index (χ1v) is 12.8. The van der Waals surface area contributed by atoms with E-state index in [1.165, 1.54) is 28.3 Å². The highest BCUT2D eigenvalue weighted by atomic mass is 32.2. The number of hydrogen-bond donors (Lipinski definition) is 1. The number of aromatic nitrogens is 1. The van der Waals surface area contributed by atoms with Gasteiger partial charge in [-0.1, -0.05) is 18.2 Å². The largest absolute Gasteiger partial charge is 0.493 e. The molecule has 0 fully saturated rings. The van der Waals surface area contributed by atoms with Gasteiger partial charge in [-0.05, 0) is 54.7 Å². The van der Waals surface area contributed by atoms with Crippen molar-refractivity contribution in [1.29, 1.82) is 0 Å². The molecule has 1 aromatic heterocycles. The van der Waals surface area contributed by atoms with Gasteiger partial charge in [0.05, 0.1) is 19.5 Å². The van der Waals surface area contributed by atoms with Crippen LogP contribution in [0, 0.1) is 0 Å². The van der Waals surface area contributed by atoms with Crippen molar-refractivity contribution in [1.82, 2.24) is 9.88 Å². The molecule has 0 bridgehead atoms. The molecule has 1 aliphatic heterocycles. The minimum absolute atomic E-state index is 0.0646. The number of rotatable bonds is 8. The summed E-state index contributed by atoms with van der Waals surface area (Å²) < 4.78 is 35.2. The number of nitrogens with one attached hydrogen (secondary N) is 1. The number of H-pyrrole nitrogens is 1. The number of benzene rings is 2. The van der Waals surface area contributed by atoms with E-state index in [1.807, 2.05) is 19.1 Å². The molecule has 0 saturated heterocycles. The monoisotopic (exact) mass is 442 g/mol. The number of ether oxygens (including phenoxy) is 2. The van der Waals surface area contributed by atoms with Crippen molar-refractivity contribution in [2.45, 2.75) is 25.8 Å². The highest BCUT2D eigenvalue weighted by molar-refractivity contribution is 7.90. The fourth-order valence-electron chi connectivity index (χ4n) is 4.49.